The van der Waals surface area contributed by atoms with Crippen LogP contribution in [0, 0.1) is 0 Å². The summed E-state index contributed by atoms with van der Waals surface area (Å²) >= 11 is 0. The van der Waals surface area contributed by atoms with Crippen molar-refractivity contribution in [1.82, 2.24) is 9.97 Å². The molecule has 2 aromatic heterocycles. The van der Waals surface area contributed by atoms with Crippen LogP contribution in [0.15, 0.2) is 182 Å². The zero-order chi connectivity index (χ0) is 52.1. The van der Waals surface area contributed by atoms with Crippen molar-refractivity contribution in [1.29, 1.82) is 0 Å². The van der Waals surface area contributed by atoms with Crippen molar-refractivity contribution in [3.63, 3.8) is 0 Å². The zero-order valence-electron chi connectivity index (χ0n) is 45.4. The SMILES string of the molecule is CC(C)c1ccc(-c2ccc3c(c2)c(-c2cc(C(C)(C)C)c4ccccc4c2)c2ccc4nc5c6ccc(-c7ccc(C(C)C)cc7)cc6c(-c6cc(C(C)(C)C)c7ccccc7c6)c6ccc7nc3c2c4c7c65)cc1. The predicted molar refractivity (Wildman–Crippen MR) is 329 cm³/mol. The molecule has 0 aliphatic carbocycles. The van der Waals surface area contributed by atoms with Crippen molar-refractivity contribution < 1.29 is 0 Å². The fraction of sp³-hybridized carbons (Fsp3) is 0.189. The molecule has 14 aromatic rings. The lowest BCUT2D eigenvalue weighted by Crippen LogP contribution is -2.12. The summed E-state index contributed by atoms with van der Waals surface area (Å²) in [7, 11) is 0. The number of aromatic nitrogens is 2. The largest absolute Gasteiger partial charge is 0.247 e. The maximum absolute atomic E-state index is 5.85. The first kappa shape index (κ1) is 46.3. The van der Waals surface area contributed by atoms with Crippen molar-refractivity contribution in [3.05, 3.63) is 204 Å². The predicted octanol–water partition coefficient (Wildman–Crippen LogP) is 21.2. The van der Waals surface area contributed by atoms with E-state index in [1.54, 1.807) is 0 Å². The quantitative estimate of drug-likeness (QED) is 0.123. The van der Waals surface area contributed by atoms with Gasteiger partial charge < -0.3 is 0 Å². The molecule has 0 aliphatic heterocycles. The highest BCUT2D eigenvalue weighted by molar-refractivity contribution is 6.41. The third-order valence-corrected chi connectivity index (χ3v) is 16.9. The van der Waals surface area contributed by atoms with Crippen LogP contribution in [0.4, 0.5) is 0 Å². The van der Waals surface area contributed by atoms with Crippen LogP contribution in [-0.2, 0) is 10.8 Å². The smallest absolute Gasteiger partial charge is 0.0801 e. The molecule has 2 heteroatoms. The number of fused-ring (bicyclic) bond motifs is 6. The monoisotopic (exact) mass is 978 g/mol. The van der Waals surface area contributed by atoms with E-state index in [4.69, 9.17) is 9.97 Å². The number of nitrogens with zero attached hydrogens (tertiary/aromatic N) is 2. The van der Waals surface area contributed by atoms with Gasteiger partial charge in [-0.3, -0.25) is 0 Å². The summed E-state index contributed by atoms with van der Waals surface area (Å²) in [6.07, 6.45) is 0. The fourth-order valence-electron chi connectivity index (χ4n) is 13.0. The molecule has 0 amide bonds. The van der Waals surface area contributed by atoms with Gasteiger partial charge in [0.25, 0.3) is 0 Å². The summed E-state index contributed by atoms with van der Waals surface area (Å²) < 4.78 is 0. The maximum atomic E-state index is 5.85. The third kappa shape index (κ3) is 7.06. The molecule has 76 heavy (non-hydrogen) atoms. The molecule has 0 unspecified atom stereocenters. The lowest BCUT2D eigenvalue weighted by atomic mass is 9.79. The van der Waals surface area contributed by atoms with Crippen LogP contribution < -0.4 is 0 Å². The minimum Gasteiger partial charge on any atom is -0.247 e. The second kappa shape index (κ2) is 16.6. The van der Waals surface area contributed by atoms with Gasteiger partial charge in [-0.1, -0.05) is 203 Å². The first-order valence-corrected chi connectivity index (χ1v) is 27.4. The Morgan fingerprint density at radius 2 is 0.671 bits per heavy atom. The zero-order valence-corrected chi connectivity index (χ0v) is 45.4. The van der Waals surface area contributed by atoms with Gasteiger partial charge in [0.1, 0.15) is 0 Å². The summed E-state index contributed by atoms with van der Waals surface area (Å²) in [4.78, 5) is 11.7. The van der Waals surface area contributed by atoms with Crippen molar-refractivity contribution in [2.45, 2.75) is 91.9 Å². The van der Waals surface area contributed by atoms with Crippen LogP contribution >= 0.6 is 0 Å². The molecule has 0 spiro atoms. The van der Waals surface area contributed by atoms with E-state index in [0.717, 1.165) is 32.8 Å². The lowest BCUT2D eigenvalue weighted by molar-refractivity contribution is 0.596. The van der Waals surface area contributed by atoms with E-state index in [0.29, 0.717) is 11.8 Å². The molecule has 2 heterocycles. The number of pyridine rings is 2. The van der Waals surface area contributed by atoms with Crippen molar-refractivity contribution >= 4 is 97.5 Å². The molecule has 368 valence electrons. The highest BCUT2D eigenvalue weighted by atomic mass is 14.7. The minimum absolute atomic E-state index is 0.0874. The molecule has 0 atom stereocenters. The van der Waals surface area contributed by atoms with Gasteiger partial charge in [0.2, 0.25) is 0 Å². The normalized spacial score (nSPS) is 12.8. The van der Waals surface area contributed by atoms with Gasteiger partial charge in [-0.2, -0.15) is 0 Å². The highest BCUT2D eigenvalue weighted by Crippen LogP contribution is 2.52. The van der Waals surface area contributed by atoms with Crippen molar-refractivity contribution in [3.8, 4) is 44.5 Å². The highest BCUT2D eigenvalue weighted by Gasteiger charge is 2.28. The van der Waals surface area contributed by atoms with Gasteiger partial charge in [-0.15, -0.1) is 0 Å². The van der Waals surface area contributed by atoms with E-state index in [9.17, 15) is 0 Å². The van der Waals surface area contributed by atoms with Gasteiger partial charge in [0, 0.05) is 32.3 Å². The van der Waals surface area contributed by atoms with Crippen molar-refractivity contribution in [2.24, 2.45) is 0 Å². The average Bonchev–Trinajstić information content (AvgIpc) is 3.62. The van der Waals surface area contributed by atoms with Crippen LogP contribution in [0.25, 0.3) is 142 Å². The summed E-state index contributed by atoms with van der Waals surface area (Å²) in [5.41, 5.74) is 19.0. The maximum Gasteiger partial charge on any atom is 0.0801 e. The topological polar surface area (TPSA) is 25.8 Å². The Kier molecular flexibility index (Phi) is 10.2. The molecule has 0 fully saturated rings. The second-order valence-electron chi connectivity index (χ2n) is 24.5. The molecule has 0 N–H and O–H groups in total. The Morgan fingerprint density at radius 1 is 0.303 bits per heavy atom. The molecule has 12 aromatic carbocycles. The third-order valence-electron chi connectivity index (χ3n) is 16.9. The lowest BCUT2D eigenvalue weighted by Gasteiger charge is -2.25. The van der Waals surface area contributed by atoms with Crippen LogP contribution in [0.3, 0.4) is 0 Å². The molecule has 14 rings (SSSR count). The van der Waals surface area contributed by atoms with E-state index < -0.39 is 0 Å². The summed E-state index contributed by atoms with van der Waals surface area (Å²) in [6, 6.07) is 69.5. The van der Waals surface area contributed by atoms with Crippen molar-refractivity contribution in [2.75, 3.05) is 0 Å². The Labute approximate surface area is 445 Å². The van der Waals surface area contributed by atoms with E-state index in [1.165, 1.54) is 131 Å². The Morgan fingerprint density at radius 3 is 1.05 bits per heavy atom. The Balaban J connectivity index is 1.13. The number of benzene rings is 12. The molecule has 0 bridgehead atoms. The summed E-state index contributed by atoms with van der Waals surface area (Å²) in [6.45, 7) is 23.1. The number of hydrogen-bond acceptors (Lipinski definition) is 2. The summed E-state index contributed by atoms with van der Waals surface area (Å²) in [5, 5.41) is 16.9. The van der Waals surface area contributed by atoms with Gasteiger partial charge in [-0.05, 0) is 181 Å². The fourth-order valence-corrected chi connectivity index (χ4v) is 13.0. The molecule has 0 saturated heterocycles. The Bertz CT molecular complexity index is 4370. The van der Waals surface area contributed by atoms with Crippen LogP contribution in [0.5, 0.6) is 0 Å². The summed E-state index contributed by atoms with van der Waals surface area (Å²) in [5.74, 6) is 0.932. The van der Waals surface area contributed by atoms with Gasteiger partial charge in [-0.25, -0.2) is 9.97 Å². The molecule has 0 saturated carbocycles. The van der Waals surface area contributed by atoms with Gasteiger partial charge in [0.05, 0.1) is 22.1 Å². The molecular weight excluding hydrogens is 917 g/mol. The minimum atomic E-state index is -0.0874. The van der Waals surface area contributed by atoms with Gasteiger partial charge >= 0.3 is 0 Å². The van der Waals surface area contributed by atoms with E-state index >= 15 is 0 Å². The first-order chi connectivity index (χ1) is 36.6. The first-order valence-electron chi connectivity index (χ1n) is 27.4. The van der Waals surface area contributed by atoms with E-state index in [2.05, 4.69) is 251 Å². The molecule has 0 aliphatic rings. The van der Waals surface area contributed by atoms with E-state index in [1.807, 2.05) is 0 Å². The standard InChI is InChI=1S/C74H62N2/c1-41(2)43-19-23-45(24-20-43)47-27-29-55-59(37-47)65(51-35-49-15-11-13-17-53(49)61(39-51)73(5,6)7)57-31-33-64-69-67(57)71(55)75-63-34-32-58-66(52-36-50-16-12-14-18-54(50)62(40-52)74(8,9)10)60-38-48(46-25-21-44(22-26-46)42(3)4)28-30-56(60)72(76-64)68(58)70(63)69/h11-42H,1-10H3. The van der Waals surface area contributed by atoms with Crippen LogP contribution in [0.1, 0.15) is 103 Å². The number of rotatable bonds is 6. The molecular formula is C74H62N2. The average molecular weight is 979 g/mol. The van der Waals surface area contributed by atoms with Gasteiger partial charge in [0.15, 0.2) is 0 Å². The van der Waals surface area contributed by atoms with Crippen LogP contribution in [0.2, 0.25) is 0 Å². The molecule has 2 nitrogen and oxygen atoms in total. The molecule has 0 radical (unpaired) electrons. The van der Waals surface area contributed by atoms with E-state index in [-0.39, 0.29) is 10.8 Å². The Hall–Kier alpha value is -8.20. The number of hydrogen-bond donors (Lipinski definition) is 0. The van der Waals surface area contributed by atoms with Crippen LogP contribution in [-0.4, -0.2) is 9.97 Å². The second-order valence-corrected chi connectivity index (χ2v) is 24.5.